The van der Waals surface area contributed by atoms with Crippen LogP contribution in [0.15, 0.2) is 47.6 Å². The number of thioether (sulfide) groups is 1. The highest BCUT2D eigenvalue weighted by Gasteiger charge is 2.20. The molecule has 0 saturated carbocycles. The number of carbonyl (C=O) groups excluding carboxylic acids is 1. The Bertz CT molecular complexity index is 957. The number of amides is 1. The number of aromatic nitrogens is 4. The number of para-hydroxylation sites is 2. The van der Waals surface area contributed by atoms with Crippen molar-refractivity contribution in [1.29, 1.82) is 0 Å². The van der Waals surface area contributed by atoms with Crippen LogP contribution in [0.2, 0.25) is 0 Å². The van der Waals surface area contributed by atoms with E-state index in [0.29, 0.717) is 16.6 Å². The molecular formula is C19H21N5O2S. The van der Waals surface area contributed by atoms with E-state index in [1.807, 2.05) is 44.2 Å². The first-order valence-corrected chi connectivity index (χ1v) is 9.34. The summed E-state index contributed by atoms with van der Waals surface area (Å²) in [6.07, 6.45) is 0. The Morgan fingerprint density at radius 2 is 1.96 bits per heavy atom. The monoisotopic (exact) mass is 383 g/mol. The van der Waals surface area contributed by atoms with Crippen molar-refractivity contribution in [2.75, 3.05) is 12.4 Å². The summed E-state index contributed by atoms with van der Waals surface area (Å²) in [5, 5.41) is 14.9. The first-order chi connectivity index (χ1) is 13.0. The molecule has 8 heteroatoms. The van der Waals surface area contributed by atoms with E-state index in [9.17, 15) is 4.79 Å². The summed E-state index contributed by atoms with van der Waals surface area (Å²) in [4.78, 5) is 12.6. The van der Waals surface area contributed by atoms with E-state index in [1.165, 1.54) is 17.3 Å². The maximum absolute atomic E-state index is 12.6. The first kappa shape index (κ1) is 18.9. The number of rotatable bonds is 6. The Labute approximate surface area is 162 Å². The van der Waals surface area contributed by atoms with E-state index in [4.69, 9.17) is 4.74 Å². The normalized spacial score (nSPS) is 11.9. The van der Waals surface area contributed by atoms with Crippen molar-refractivity contribution in [3.05, 3.63) is 53.6 Å². The smallest absolute Gasteiger partial charge is 0.237 e. The fraction of sp³-hybridized carbons (Fsp3) is 0.263. The number of hydrogen-bond acceptors (Lipinski definition) is 6. The van der Waals surface area contributed by atoms with Gasteiger partial charge in [-0.05, 0) is 66.6 Å². The Morgan fingerprint density at radius 3 is 2.70 bits per heavy atom. The molecule has 1 heterocycles. The van der Waals surface area contributed by atoms with Gasteiger partial charge in [-0.1, -0.05) is 30.0 Å². The van der Waals surface area contributed by atoms with Crippen molar-refractivity contribution in [3.63, 3.8) is 0 Å². The second kappa shape index (κ2) is 8.22. The summed E-state index contributed by atoms with van der Waals surface area (Å²) in [6.45, 7) is 5.91. The average molecular weight is 383 g/mol. The maximum atomic E-state index is 12.6. The molecule has 1 aromatic heterocycles. The molecule has 27 heavy (non-hydrogen) atoms. The van der Waals surface area contributed by atoms with E-state index in [-0.39, 0.29) is 5.91 Å². The van der Waals surface area contributed by atoms with Gasteiger partial charge in [-0.2, -0.15) is 4.68 Å². The van der Waals surface area contributed by atoms with Gasteiger partial charge >= 0.3 is 0 Å². The number of aryl methyl sites for hydroxylation is 2. The largest absolute Gasteiger partial charge is 0.495 e. The Morgan fingerprint density at radius 1 is 1.19 bits per heavy atom. The number of carbonyl (C=O) groups is 1. The van der Waals surface area contributed by atoms with Crippen LogP contribution in [0.1, 0.15) is 18.1 Å². The molecule has 3 rings (SSSR count). The highest BCUT2D eigenvalue weighted by atomic mass is 32.2. The molecule has 1 N–H and O–H groups in total. The average Bonchev–Trinajstić information content (AvgIpc) is 3.12. The lowest BCUT2D eigenvalue weighted by molar-refractivity contribution is -0.115. The number of nitrogens with zero attached hydrogens (tertiary/aromatic N) is 4. The second-order valence-electron chi connectivity index (χ2n) is 6.09. The summed E-state index contributed by atoms with van der Waals surface area (Å²) in [7, 11) is 1.57. The zero-order valence-electron chi connectivity index (χ0n) is 15.6. The number of hydrogen-bond donors (Lipinski definition) is 1. The summed E-state index contributed by atoms with van der Waals surface area (Å²) in [6, 6.07) is 13.3. The molecule has 1 unspecified atom stereocenters. The molecule has 0 radical (unpaired) electrons. The van der Waals surface area contributed by atoms with E-state index in [1.54, 1.807) is 23.9 Å². The molecule has 0 saturated heterocycles. The van der Waals surface area contributed by atoms with Gasteiger partial charge in [0.15, 0.2) is 0 Å². The molecule has 0 aliphatic rings. The van der Waals surface area contributed by atoms with Crippen molar-refractivity contribution < 1.29 is 9.53 Å². The molecule has 7 nitrogen and oxygen atoms in total. The molecule has 140 valence electrons. The summed E-state index contributed by atoms with van der Waals surface area (Å²) in [5.41, 5.74) is 3.85. The third kappa shape index (κ3) is 4.28. The number of anilines is 1. The van der Waals surface area contributed by atoms with Crippen LogP contribution in [0.3, 0.4) is 0 Å². The fourth-order valence-corrected chi connectivity index (χ4v) is 3.27. The highest BCUT2D eigenvalue weighted by molar-refractivity contribution is 8.00. The van der Waals surface area contributed by atoms with Gasteiger partial charge in [-0.15, -0.1) is 5.10 Å². The lowest BCUT2D eigenvalue weighted by Gasteiger charge is -2.14. The topological polar surface area (TPSA) is 81.9 Å². The number of methoxy groups -OCH3 is 1. The molecule has 0 spiro atoms. The van der Waals surface area contributed by atoms with Gasteiger partial charge in [0, 0.05) is 0 Å². The van der Waals surface area contributed by atoms with Gasteiger partial charge in [0.05, 0.1) is 23.7 Å². The predicted octanol–water partition coefficient (Wildman–Crippen LogP) is 3.41. The van der Waals surface area contributed by atoms with Crippen LogP contribution >= 0.6 is 11.8 Å². The van der Waals surface area contributed by atoms with Crippen LogP contribution < -0.4 is 10.1 Å². The molecule has 0 bridgehead atoms. The molecule has 1 atom stereocenters. The standard InChI is InChI=1S/C19H21N5O2S/c1-12-9-10-15(11-13(12)2)24-19(21-22-23-24)27-14(3)18(25)20-16-7-5-6-8-17(16)26-4/h5-11,14H,1-4H3,(H,20,25). The molecule has 3 aromatic rings. The Kier molecular flexibility index (Phi) is 5.75. The zero-order chi connectivity index (χ0) is 19.4. The van der Waals surface area contributed by atoms with Crippen LogP contribution in [0.25, 0.3) is 5.69 Å². The quantitative estimate of drug-likeness (QED) is 0.657. The van der Waals surface area contributed by atoms with Crippen molar-refractivity contribution in [2.45, 2.75) is 31.2 Å². The molecular weight excluding hydrogens is 362 g/mol. The van der Waals surface area contributed by atoms with Gasteiger partial charge in [0.2, 0.25) is 11.1 Å². The molecule has 2 aromatic carbocycles. The van der Waals surface area contributed by atoms with E-state index < -0.39 is 5.25 Å². The van der Waals surface area contributed by atoms with Crippen LogP contribution in [-0.4, -0.2) is 38.5 Å². The van der Waals surface area contributed by atoms with E-state index in [0.717, 1.165) is 11.3 Å². The minimum Gasteiger partial charge on any atom is -0.495 e. The van der Waals surface area contributed by atoms with Gasteiger partial charge in [0.1, 0.15) is 5.75 Å². The van der Waals surface area contributed by atoms with Crippen molar-refractivity contribution in [1.82, 2.24) is 20.2 Å². The van der Waals surface area contributed by atoms with Crippen molar-refractivity contribution >= 4 is 23.4 Å². The minimum atomic E-state index is -0.397. The molecule has 1 amide bonds. The van der Waals surface area contributed by atoms with Crippen LogP contribution in [0, 0.1) is 13.8 Å². The number of benzene rings is 2. The van der Waals surface area contributed by atoms with Crippen LogP contribution in [0.5, 0.6) is 5.75 Å². The first-order valence-electron chi connectivity index (χ1n) is 8.46. The highest BCUT2D eigenvalue weighted by Crippen LogP contribution is 2.27. The maximum Gasteiger partial charge on any atom is 0.237 e. The molecule has 0 aliphatic carbocycles. The van der Waals surface area contributed by atoms with Gasteiger partial charge in [0.25, 0.3) is 0 Å². The zero-order valence-corrected chi connectivity index (χ0v) is 16.4. The lowest BCUT2D eigenvalue weighted by Crippen LogP contribution is -2.23. The van der Waals surface area contributed by atoms with Crippen molar-refractivity contribution in [2.24, 2.45) is 0 Å². The Balaban J connectivity index is 1.75. The molecule has 0 aliphatic heterocycles. The minimum absolute atomic E-state index is 0.154. The van der Waals surface area contributed by atoms with Gasteiger partial charge in [-0.3, -0.25) is 4.79 Å². The summed E-state index contributed by atoms with van der Waals surface area (Å²) in [5.74, 6) is 0.460. The molecule has 0 fully saturated rings. The summed E-state index contributed by atoms with van der Waals surface area (Å²) >= 11 is 1.30. The second-order valence-corrected chi connectivity index (χ2v) is 7.40. The number of nitrogens with one attached hydrogen (secondary N) is 1. The SMILES string of the molecule is COc1ccccc1NC(=O)C(C)Sc1nnnn1-c1ccc(C)c(C)c1. The van der Waals surface area contributed by atoms with Gasteiger partial charge < -0.3 is 10.1 Å². The Hall–Kier alpha value is -2.87. The van der Waals surface area contributed by atoms with E-state index >= 15 is 0 Å². The fourth-order valence-electron chi connectivity index (χ4n) is 2.47. The van der Waals surface area contributed by atoms with Gasteiger partial charge in [-0.25, -0.2) is 0 Å². The lowest BCUT2D eigenvalue weighted by atomic mass is 10.1. The predicted molar refractivity (Wildman–Crippen MR) is 106 cm³/mol. The third-order valence-corrected chi connectivity index (χ3v) is 5.23. The van der Waals surface area contributed by atoms with Crippen molar-refractivity contribution in [3.8, 4) is 11.4 Å². The van der Waals surface area contributed by atoms with E-state index in [2.05, 4.69) is 27.8 Å². The third-order valence-electron chi connectivity index (χ3n) is 4.19. The number of tetrazole rings is 1. The summed E-state index contributed by atoms with van der Waals surface area (Å²) < 4.78 is 6.91. The van der Waals surface area contributed by atoms with Crippen LogP contribution in [0.4, 0.5) is 5.69 Å². The van der Waals surface area contributed by atoms with Crippen LogP contribution in [-0.2, 0) is 4.79 Å². The number of ether oxygens (including phenoxy) is 1.